The minimum Gasteiger partial charge on any atom is -0.493 e. The van der Waals surface area contributed by atoms with Crippen molar-refractivity contribution >= 4 is 54.8 Å². The fourth-order valence-electron chi connectivity index (χ4n) is 4.31. The lowest BCUT2D eigenvalue weighted by Crippen LogP contribution is -2.42. The van der Waals surface area contributed by atoms with Crippen LogP contribution in [0.1, 0.15) is 22.9 Å². The summed E-state index contributed by atoms with van der Waals surface area (Å²) in [4.78, 5) is 0.236. The van der Waals surface area contributed by atoms with Gasteiger partial charge in [0.2, 0.25) is 10.0 Å². The van der Waals surface area contributed by atoms with Crippen molar-refractivity contribution in [2.75, 3.05) is 12.4 Å². The number of ether oxygens (including phenoxy) is 2. The largest absolute Gasteiger partial charge is 0.493 e. The van der Waals surface area contributed by atoms with Crippen molar-refractivity contribution in [3.05, 3.63) is 116 Å². The van der Waals surface area contributed by atoms with Crippen molar-refractivity contribution < 1.29 is 17.9 Å². The van der Waals surface area contributed by atoms with E-state index in [1.807, 2.05) is 48.5 Å². The van der Waals surface area contributed by atoms with Crippen molar-refractivity contribution in [1.29, 1.82) is 0 Å². The molecule has 0 amide bonds. The van der Waals surface area contributed by atoms with Crippen molar-refractivity contribution in [2.45, 2.75) is 24.2 Å². The van der Waals surface area contributed by atoms with Gasteiger partial charge in [-0.3, -0.25) is 0 Å². The number of anilines is 1. The molecular weight excluding hydrogens is 611 g/mol. The van der Waals surface area contributed by atoms with E-state index in [9.17, 15) is 8.42 Å². The highest BCUT2D eigenvalue weighted by atomic mass is 79.9. The molecule has 0 fully saturated rings. The van der Waals surface area contributed by atoms with E-state index in [1.54, 1.807) is 43.5 Å². The standard InChI is InChI=1S/C28H23BrCl2N2O4S/c1-36-25-15-20(14-21(29)27(25)37-17-19-11-12-22(30)23(31)13-19)28-32-24-9-5-6-10-26(24)38(34,35)33(28)16-18-7-3-2-4-8-18/h2-15,28,32H,16-17H2,1H3/t28-/m1/s1. The van der Waals surface area contributed by atoms with Crippen LogP contribution in [0.15, 0.2) is 94.3 Å². The van der Waals surface area contributed by atoms with Gasteiger partial charge in [0.15, 0.2) is 11.5 Å². The average molecular weight is 634 g/mol. The van der Waals surface area contributed by atoms with Gasteiger partial charge in [0.25, 0.3) is 0 Å². The summed E-state index contributed by atoms with van der Waals surface area (Å²) in [5, 5.41) is 4.32. The van der Waals surface area contributed by atoms with Crippen molar-refractivity contribution in [2.24, 2.45) is 0 Å². The van der Waals surface area contributed by atoms with Crippen LogP contribution in [0.5, 0.6) is 11.5 Å². The molecule has 0 spiro atoms. The van der Waals surface area contributed by atoms with E-state index < -0.39 is 16.2 Å². The zero-order valence-electron chi connectivity index (χ0n) is 20.2. The molecular formula is C28H23BrCl2N2O4S. The van der Waals surface area contributed by atoms with Gasteiger partial charge in [0.1, 0.15) is 17.7 Å². The van der Waals surface area contributed by atoms with Crippen LogP contribution < -0.4 is 14.8 Å². The summed E-state index contributed by atoms with van der Waals surface area (Å²) in [5.41, 5.74) is 2.93. The first-order chi connectivity index (χ1) is 18.3. The highest BCUT2D eigenvalue weighted by Crippen LogP contribution is 2.44. The number of hydrogen-bond donors (Lipinski definition) is 1. The molecule has 0 aliphatic carbocycles. The van der Waals surface area contributed by atoms with Gasteiger partial charge in [-0.2, -0.15) is 4.31 Å². The fraction of sp³-hybridized carbons (Fsp3) is 0.143. The maximum absolute atomic E-state index is 13.8. The monoisotopic (exact) mass is 632 g/mol. The number of rotatable bonds is 7. The van der Waals surface area contributed by atoms with Gasteiger partial charge in [-0.15, -0.1) is 0 Å². The number of fused-ring (bicyclic) bond motifs is 1. The lowest BCUT2D eigenvalue weighted by Gasteiger charge is -2.37. The van der Waals surface area contributed by atoms with Gasteiger partial charge in [-0.1, -0.05) is 71.7 Å². The van der Waals surface area contributed by atoms with Crippen LogP contribution in [-0.4, -0.2) is 19.8 Å². The van der Waals surface area contributed by atoms with Crippen LogP contribution in [0.4, 0.5) is 5.69 Å². The van der Waals surface area contributed by atoms with Crippen LogP contribution in [0.25, 0.3) is 0 Å². The van der Waals surface area contributed by atoms with Crippen molar-refractivity contribution in [1.82, 2.24) is 4.31 Å². The normalized spacial score (nSPS) is 16.4. The second kappa shape index (κ2) is 11.2. The van der Waals surface area contributed by atoms with Gasteiger partial charge in [-0.05, 0) is 69.0 Å². The molecule has 196 valence electrons. The summed E-state index contributed by atoms with van der Waals surface area (Å²) >= 11 is 15.8. The Kier molecular flexibility index (Phi) is 7.88. The van der Waals surface area contributed by atoms with Crippen LogP contribution in [0.3, 0.4) is 0 Å². The number of para-hydroxylation sites is 1. The highest BCUT2D eigenvalue weighted by Gasteiger charge is 2.39. The van der Waals surface area contributed by atoms with Gasteiger partial charge in [0, 0.05) is 6.54 Å². The summed E-state index contributed by atoms with van der Waals surface area (Å²) in [6, 6.07) is 25.3. The third-order valence-electron chi connectivity index (χ3n) is 6.17. The second-order valence-electron chi connectivity index (χ2n) is 8.65. The van der Waals surface area contributed by atoms with Crippen LogP contribution >= 0.6 is 39.1 Å². The number of benzene rings is 4. The van der Waals surface area contributed by atoms with Crippen LogP contribution in [0, 0.1) is 0 Å². The topological polar surface area (TPSA) is 67.9 Å². The van der Waals surface area contributed by atoms with Gasteiger partial charge >= 0.3 is 0 Å². The Morgan fingerprint density at radius 3 is 2.39 bits per heavy atom. The molecule has 1 atom stereocenters. The third kappa shape index (κ3) is 5.37. The first kappa shape index (κ1) is 26.8. The molecule has 0 unspecified atom stereocenters. The first-order valence-electron chi connectivity index (χ1n) is 11.6. The molecule has 4 aromatic rings. The molecule has 6 nitrogen and oxygen atoms in total. The van der Waals surface area contributed by atoms with Crippen LogP contribution in [0.2, 0.25) is 10.0 Å². The average Bonchev–Trinajstić information content (AvgIpc) is 2.91. The van der Waals surface area contributed by atoms with Crippen molar-refractivity contribution in [3.8, 4) is 11.5 Å². The summed E-state index contributed by atoms with van der Waals surface area (Å²) < 4.78 is 41.4. The third-order valence-corrected chi connectivity index (χ3v) is 9.37. The molecule has 0 saturated carbocycles. The maximum Gasteiger partial charge on any atom is 0.247 e. The van der Waals surface area contributed by atoms with Gasteiger partial charge < -0.3 is 14.8 Å². The molecule has 0 aromatic heterocycles. The number of hydrogen-bond acceptors (Lipinski definition) is 5. The molecule has 1 N–H and O–H groups in total. The Labute approximate surface area is 240 Å². The molecule has 1 aliphatic heterocycles. The number of methoxy groups -OCH3 is 1. The lowest BCUT2D eigenvalue weighted by atomic mass is 10.1. The Morgan fingerprint density at radius 1 is 0.921 bits per heavy atom. The Balaban J connectivity index is 1.52. The van der Waals surface area contributed by atoms with E-state index in [0.717, 1.165) is 11.1 Å². The lowest BCUT2D eigenvalue weighted by molar-refractivity contribution is 0.281. The molecule has 0 bridgehead atoms. The molecule has 38 heavy (non-hydrogen) atoms. The Hall–Kier alpha value is -2.75. The van der Waals surface area contributed by atoms with E-state index in [2.05, 4.69) is 21.2 Å². The van der Waals surface area contributed by atoms with E-state index in [-0.39, 0.29) is 18.0 Å². The minimum absolute atomic E-state index is 0.185. The molecule has 0 radical (unpaired) electrons. The maximum atomic E-state index is 13.8. The highest BCUT2D eigenvalue weighted by molar-refractivity contribution is 9.10. The quantitative estimate of drug-likeness (QED) is 0.226. The van der Waals surface area contributed by atoms with E-state index >= 15 is 0 Å². The number of halogens is 3. The zero-order chi connectivity index (χ0) is 26.9. The molecule has 4 aromatic carbocycles. The Morgan fingerprint density at radius 2 is 1.66 bits per heavy atom. The molecule has 0 saturated heterocycles. The SMILES string of the molecule is COc1cc([C@@H]2Nc3ccccc3S(=O)(=O)N2Cc2ccccc2)cc(Br)c1OCc1ccc(Cl)c(Cl)c1. The predicted molar refractivity (Wildman–Crippen MR) is 153 cm³/mol. The predicted octanol–water partition coefficient (Wildman–Crippen LogP) is 7.66. The Bertz CT molecular complexity index is 1590. The van der Waals surface area contributed by atoms with Gasteiger partial charge in [-0.25, -0.2) is 8.42 Å². The van der Waals surface area contributed by atoms with E-state index in [0.29, 0.717) is 37.3 Å². The smallest absolute Gasteiger partial charge is 0.247 e. The fourth-order valence-corrected chi connectivity index (χ4v) is 6.88. The summed E-state index contributed by atoms with van der Waals surface area (Å²) in [5.74, 6) is 0.933. The van der Waals surface area contributed by atoms with Crippen molar-refractivity contribution in [3.63, 3.8) is 0 Å². The number of nitrogens with one attached hydrogen (secondary N) is 1. The summed E-state index contributed by atoms with van der Waals surface area (Å²) in [6.45, 7) is 0.416. The molecule has 5 rings (SSSR count). The molecule has 1 aliphatic rings. The summed E-state index contributed by atoms with van der Waals surface area (Å²) in [6.07, 6.45) is -0.690. The zero-order valence-corrected chi connectivity index (χ0v) is 24.1. The second-order valence-corrected chi connectivity index (χ2v) is 12.2. The van der Waals surface area contributed by atoms with E-state index in [1.165, 1.54) is 4.31 Å². The molecule has 10 heteroatoms. The number of nitrogens with zero attached hydrogens (tertiary/aromatic N) is 1. The number of sulfonamides is 1. The summed E-state index contributed by atoms with van der Waals surface area (Å²) in [7, 11) is -2.27. The first-order valence-corrected chi connectivity index (χ1v) is 14.6. The van der Waals surface area contributed by atoms with E-state index in [4.69, 9.17) is 32.7 Å². The molecule has 1 heterocycles. The minimum atomic E-state index is -3.81. The van der Waals surface area contributed by atoms with Crippen LogP contribution in [-0.2, 0) is 23.2 Å². The van der Waals surface area contributed by atoms with Gasteiger partial charge in [0.05, 0.1) is 27.3 Å².